The Kier molecular flexibility index (Phi) is 3.39. The smallest absolute Gasteiger partial charge is 0.332 e. The molecule has 0 radical (unpaired) electrons. The zero-order valence-corrected chi connectivity index (χ0v) is 8.58. The second-order valence-electron chi connectivity index (χ2n) is 3.59. The molecule has 1 aromatic rings. The summed E-state index contributed by atoms with van der Waals surface area (Å²) in [6, 6.07) is 5.68. The van der Waals surface area contributed by atoms with Gasteiger partial charge in [0.1, 0.15) is 5.54 Å². The first-order chi connectivity index (χ1) is 6.97. The van der Waals surface area contributed by atoms with Crippen LogP contribution in [-0.2, 0) is 4.79 Å². The number of hydrazine groups is 1. The fourth-order valence-corrected chi connectivity index (χ4v) is 0.814. The van der Waals surface area contributed by atoms with Gasteiger partial charge in [0.05, 0.1) is 0 Å². The van der Waals surface area contributed by atoms with Crippen molar-refractivity contribution < 1.29 is 13.9 Å². The normalized spacial score (nSPS) is 11.2. The van der Waals surface area contributed by atoms with Gasteiger partial charge < -0.3 is 4.74 Å². The molecule has 15 heavy (non-hydrogen) atoms. The SMILES string of the molecule is CC(C)(NN)C(=O)Oc1ccccc1F. The minimum absolute atomic E-state index is 0.106. The van der Waals surface area contributed by atoms with Crippen LogP contribution in [0.25, 0.3) is 0 Å². The van der Waals surface area contributed by atoms with Gasteiger partial charge in [-0.15, -0.1) is 0 Å². The van der Waals surface area contributed by atoms with Crippen LogP contribution in [0.15, 0.2) is 24.3 Å². The van der Waals surface area contributed by atoms with Crippen molar-refractivity contribution in [3.8, 4) is 5.75 Å². The molecular weight excluding hydrogens is 199 g/mol. The maximum Gasteiger partial charge on any atom is 0.332 e. The van der Waals surface area contributed by atoms with Gasteiger partial charge in [-0.1, -0.05) is 12.1 Å². The third-order valence-electron chi connectivity index (χ3n) is 1.91. The second kappa shape index (κ2) is 4.37. The summed E-state index contributed by atoms with van der Waals surface area (Å²) >= 11 is 0. The predicted molar refractivity (Wildman–Crippen MR) is 53.4 cm³/mol. The molecule has 0 amide bonds. The number of carbonyl (C=O) groups excluding carboxylic acids is 1. The quantitative estimate of drug-likeness (QED) is 0.339. The van der Waals surface area contributed by atoms with Crippen LogP contribution in [0.2, 0.25) is 0 Å². The van der Waals surface area contributed by atoms with Gasteiger partial charge in [-0.25, -0.2) is 14.6 Å². The minimum Gasteiger partial charge on any atom is -0.422 e. The molecule has 1 rings (SSSR count). The number of esters is 1. The number of hydrogen-bond donors (Lipinski definition) is 2. The van der Waals surface area contributed by atoms with Crippen LogP contribution in [0.5, 0.6) is 5.75 Å². The van der Waals surface area contributed by atoms with Gasteiger partial charge in [0.25, 0.3) is 0 Å². The van der Waals surface area contributed by atoms with Crippen LogP contribution in [0.4, 0.5) is 4.39 Å². The van der Waals surface area contributed by atoms with E-state index >= 15 is 0 Å². The zero-order chi connectivity index (χ0) is 11.5. The molecule has 0 aliphatic rings. The molecule has 82 valence electrons. The molecule has 5 heteroatoms. The van der Waals surface area contributed by atoms with E-state index in [0.29, 0.717) is 0 Å². The van der Waals surface area contributed by atoms with E-state index in [9.17, 15) is 9.18 Å². The van der Waals surface area contributed by atoms with Crippen LogP contribution in [-0.4, -0.2) is 11.5 Å². The largest absolute Gasteiger partial charge is 0.422 e. The van der Waals surface area contributed by atoms with Crippen molar-refractivity contribution in [2.45, 2.75) is 19.4 Å². The topological polar surface area (TPSA) is 64.3 Å². The summed E-state index contributed by atoms with van der Waals surface area (Å²) < 4.78 is 18.0. The third kappa shape index (κ3) is 2.74. The average molecular weight is 212 g/mol. The molecule has 0 aliphatic heterocycles. The highest BCUT2D eigenvalue weighted by Crippen LogP contribution is 2.17. The van der Waals surface area contributed by atoms with Crippen molar-refractivity contribution in [2.24, 2.45) is 5.84 Å². The Morgan fingerprint density at radius 2 is 2.07 bits per heavy atom. The van der Waals surface area contributed by atoms with Crippen molar-refractivity contribution in [3.63, 3.8) is 0 Å². The molecule has 0 atom stereocenters. The number of rotatable bonds is 3. The van der Waals surface area contributed by atoms with Crippen molar-refractivity contribution >= 4 is 5.97 Å². The molecule has 0 aromatic heterocycles. The number of carbonyl (C=O) groups is 1. The van der Waals surface area contributed by atoms with Gasteiger partial charge in [-0.3, -0.25) is 5.84 Å². The van der Waals surface area contributed by atoms with Crippen LogP contribution in [0.3, 0.4) is 0 Å². The summed E-state index contributed by atoms with van der Waals surface area (Å²) in [5.41, 5.74) is 1.23. The standard InChI is InChI=1S/C10H13FN2O2/c1-10(2,13-12)9(14)15-8-6-4-3-5-7(8)11/h3-6,13H,12H2,1-2H3. The van der Waals surface area contributed by atoms with E-state index in [1.165, 1.54) is 32.0 Å². The lowest BCUT2D eigenvalue weighted by atomic mass is 10.1. The predicted octanol–water partition coefficient (Wildman–Crippen LogP) is 0.973. The fraction of sp³-hybridized carbons (Fsp3) is 0.300. The Bertz CT molecular complexity index is 366. The minimum atomic E-state index is -1.05. The lowest BCUT2D eigenvalue weighted by Crippen LogP contribution is -2.52. The van der Waals surface area contributed by atoms with E-state index in [4.69, 9.17) is 10.6 Å². The number of ether oxygens (including phenoxy) is 1. The highest BCUT2D eigenvalue weighted by molar-refractivity contribution is 5.81. The first-order valence-corrected chi connectivity index (χ1v) is 4.42. The van der Waals surface area contributed by atoms with E-state index < -0.39 is 17.3 Å². The fourth-order valence-electron chi connectivity index (χ4n) is 0.814. The number of nitrogens with two attached hydrogens (primary N) is 1. The summed E-state index contributed by atoms with van der Waals surface area (Å²) in [6.07, 6.45) is 0. The molecule has 1 aromatic carbocycles. The first kappa shape index (κ1) is 11.6. The molecule has 0 saturated carbocycles. The molecule has 4 nitrogen and oxygen atoms in total. The maximum atomic E-state index is 13.1. The average Bonchev–Trinajstić information content (AvgIpc) is 2.21. The van der Waals surface area contributed by atoms with Crippen molar-refractivity contribution in [3.05, 3.63) is 30.1 Å². The monoisotopic (exact) mass is 212 g/mol. The number of para-hydroxylation sites is 1. The van der Waals surface area contributed by atoms with E-state index in [1.54, 1.807) is 6.07 Å². The van der Waals surface area contributed by atoms with Gasteiger partial charge in [0.2, 0.25) is 0 Å². The Morgan fingerprint density at radius 1 is 1.47 bits per heavy atom. The molecule has 0 unspecified atom stereocenters. The molecule has 0 aliphatic carbocycles. The van der Waals surface area contributed by atoms with Crippen LogP contribution >= 0.6 is 0 Å². The lowest BCUT2D eigenvalue weighted by molar-refractivity contribution is -0.140. The number of hydrogen-bond acceptors (Lipinski definition) is 4. The number of benzene rings is 1. The molecule has 0 spiro atoms. The summed E-state index contributed by atoms with van der Waals surface area (Å²) in [7, 11) is 0. The Morgan fingerprint density at radius 3 is 2.60 bits per heavy atom. The summed E-state index contributed by atoms with van der Waals surface area (Å²) in [6.45, 7) is 3.08. The molecule has 3 N–H and O–H groups in total. The Hall–Kier alpha value is -1.46. The summed E-state index contributed by atoms with van der Waals surface area (Å²) in [5, 5.41) is 0. The van der Waals surface area contributed by atoms with Crippen molar-refractivity contribution in [1.82, 2.24) is 5.43 Å². The van der Waals surface area contributed by atoms with Gasteiger partial charge in [0, 0.05) is 0 Å². The molecule has 0 bridgehead atoms. The lowest BCUT2D eigenvalue weighted by Gasteiger charge is -2.20. The summed E-state index contributed by atoms with van der Waals surface area (Å²) in [5.74, 6) is 3.82. The van der Waals surface area contributed by atoms with E-state index in [-0.39, 0.29) is 5.75 Å². The number of nitrogens with one attached hydrogen (secondary N) is 1. The highest BCUT2D eigenvalue weighted by Gasteiger charge is 2.28. The molecular formula is C10H13FN2O2. The van der Waals surface area contributed by atoms with Crippen LogP contribution < -0.4 is 16.0 Å². The van der Waals surface area contributed by atoms with E-state index in [1.807, 2.05) is 0 Å². The molecule has 0 fully saturated rings. The van der Waals surface area contributed by atoms with Crippen molar-refractivity contribution in [2.75, 3.05) is 0 Å². The molecule has 0 heterocycles. The first-order valence-electron chi connectivity index (χ1n) is 4.42. The van der Waals surface area contributed by atoms with Gasteiger partial charge in [-0.05, 0) is 26.0 Å². The van der Waals surface area contributed by atoms with Gasteiger partial charge in [-0.2, -0.15) is 0 Å². The van der Waals surface area contributed by atoms with Crippen LogP contribution in [0.1, 0.15) is 13.8 Å². The van der Waals surface area contributed by atoms with Gasteiger partial charge in [0.15, 0.2) is 11.6 Å². The van der Waals surface area contributed by atoms with E-state index in [2.05, 4.69) is 5.43 Å². The summed E-state index contributed by atoms with van der Waals surface area (Å²) in [4.78, 5) is 11.5. The van der Waals surface area contributed by atoms with Crippen molar-refractivity contribution in [1.29, 1.82) is 0 Å². The Labute approximate surface area is 87.2 Å². The third-order valence-corrected chi connectivity index (χ3v) is 1.91. The maximum absolute atomic E-state index is 13.1. The number of halogens is 1. The van der Waals surface area contributed by atoms with Gasteiger partial charge >= 0.3 is 5.97 Å². The van der Waals surface area contributed by atoms with Crippen LogP contribution in [0, 0.1) is 5.82 Å². The Balaban J connectivity index is 2.80. The highest BCUT2D eigenvalue weighted by atomic mass is 19.1. The zero-order valence-electron chi connectivity index (χ0n) is 8.58. The van der Waals surface area contributed by atoms with E-state index in [0.717, 1.165) is 0 Å². The second-order valence-corrected chi connectivity index (χ2v) is 3.59. The molecule has 0 saturated heterocycles.